The van der Waals surface area contributed by atoms with E-state index >= 15 is 0 Å². The van der Waals surface area contributed by atoms with Gasteiger partial charge in [0.2, 0.25) is 0 Å². The highest BCUT2D eigenvalue weighted by Crippen LogP contribution is 2.46. The van der Waals surface area contributed by atoms with Crippen molar-refractivity contribution in [2.45, 2.75) is 32.3 Å². The van der Waals surface area contributed by atoms with Crippen LogP contribution >= 0.6 is 6.72 Å². The van der Waals surface area contributed by atoms with Gasteiger partial charge in [-0.1, -0.05) is 0 Å². The zero-order chi connectivity index (χ0) is 17.2. The summed E-state index contributed by atoms with van der Waals surface area (Å²) >= 11 is 4.83. The van der Waals surface area contributed by atoms with E-state index in [1.165, 1.54) is 17.9 Å². The zero-order valence-electron chi connectivity index (χ0n) is 12.9. The number of hydrogen-bond donors (Lipinski definition) is 2. The second kappa shape index (κ2) is 7.35. The molecule has 1 aromatic rings. The van der Waals surface area contributed by atoms with Crippen LogP contribution < -0.4 is 11.2 Å². The molecular formula is C12H19N2O7PS. The van der Waals surface area contributed by atoms with Crippen LogP contribution in [0.25, 0.3) is 0 Å². The maximum Gasteiger partial charge on any atom is 0.330 e. The van der Waals surface area contributed by atoms with E-state index in [0.717, 1.165) is 0 Å². The highest BCUT2D eigenvalue weighted by atomic mass is 32.5. The summed E-state index contributed by atoms with van der Waals surface area (Å²) in [6.07, 6.45) is -0.802. The minimum absolute atomic E-state index is 0.0578. The molecule has 0 bridgehead atoms. The van der Waals surface area contributed by atoms with Gasteiger partial charge in [-0.25, -0.2) is 4.79 Å². The molecule has 1 fully saturated rings. The van der Waals surface area contributed by atoms with E-state index < -0.39 is 36.4 Å². The normalized spacial score (nSPS) is 27.0. The molecule has 0 aromatic carbocycles. The van der Waals surface area contributed by atoms with Crippen molar-refractivity contribution in [3.63, 3.8) is 0 Å². The predicted octanol–water partition coefficient (Wildman–Crippen LogP) is 0.0273. The fourth-order valence-electron chi connectivity index (χ4n) is 2.27. The summed E-state index contributed by atoms with van der Waals surface area (Å²) in [6, 6.07) is 0. The number of aromatic nitrogens is 2. The van der Waals surface area contributed by atoms with Gasteiger partial charge in [0.1, 0.15) is 12.2 Å². The van der Waals surface area contributed by atoms with Crippen molar-refractivity contribution in [2.75, 3.05) is 20.3 Å². The van der Waals surface area contributed by atoms with Crippen LogP contribution in [-0.4, -0.2) is 47.0 Å². The molecular weight excluding hydrogens is 347 g/mol. The van der Waals surface area contributed by atoms with Crippen LogP contribution in [0.1, 0.15) is 18.7 Å². The molecule has 0 saturated carbocycles. The Hall–Kier alpha value is -0.870. The molecule has 1 saturated heterocycles. The van der Waals surface area contributed by atoms with Crippen molar-refractivity contribution in [1.82, 2.24) is 9.55 Å². The Morgan fingerprint density at radius 3 is 2.87 bits per heavy atom. The first-order chi connectivity index (χ1) is 10.8. The maximum absolute atomic E-state index is 12.0. The van der Waals surface area contributed by atoms with Gasteiger partial charge in [-0.3, -0.25) is 14.3 Å². The Bertz CT molecular complexity index is 718. The molecule has 0 radical (unpaired) electrons. The van der Waals surface area contributed by atoms with Gasteiger partial charge in [-0.2, -0.15) is 0 Å². The number of nitrogens with zero attached hydrogens (tertiary/aromatic N) is 1. The topological polar surface area (TPSA) is 112 Å². The first-order valence-corrected chi connectivity index (χ1v) is 9.50. The number of nitrogens with one attached hydrogen (secondary N) is 1. The molecule has 23 heavy (non-hydrogen) atoms. The molecule has 0 aliphatic carbocycles. The Labute approximate surface area is 137 Å². The van der Waals surface area contributed by atoms with Gasteiger partial charge in [-0.15, -0.1) is 0 Å². The quantitative estimate of drug-likeness (QED) is 0.678. The molecule has 11 heteroatoms. The Morgan fingerprint density at radius 2 is 2.26 bits per heavy atom. The molecule has 130 valence electrons. The lowest BCUT2D eigenvalue weighted by Gasteiger charge is -2.25. The zero-order valence-corrected chi connectivity index (χ0v) is 14.6. The van der Waals surface area contributed by atoms with Crippen LogP contribution in [0.2, 0.25) is 0 Å². The van der Waals surface area contributed by atoms with E-state index in [1.54, 1.807) is 13.8 Å². The van der Waals surface area contributed by atoms with Crippen LogP contribution in [0.5, 0.6) is 0 Å². The van der Waals surface area contributed by atoms with E-state index in [0.29, 0.717) is 12.2 Å². The van der Waals surface area contributed by atoms with E-state index in [2.05, 4.69) is 4.98 Å². The third kappa shape index (κ3) is 4.16. The summed E-state index contributed by atoms with van der Waals surface area (Å²) in [5.74, 6) is 0. The third-order valence-corrected chi connectivity index (χ3v) is 5.06. The van der Waals surface area contributed by atoms with Crippen LogP contribution in [0, 0.1) is 6.92 Å². The fourth-order valence-corrected chi connectivity index (χ4v) is 3.21. The Kier molecular flexibility index (Phi) is 5.90. The lowest BCUT2D eigenvalue weighted by atomic mass is 10.2. The van der Waals surface area contributed by atoms with Crippen LogP contribution in [0.4, 0.5) is 0 Å². The monoisotopic (exact) mass is 366 g/mol. The van der Waals surface area contributed by atoms with Crippen molar-refractivity contribution < 1.29 is 23.4 Å². The van der Waals surface area contributed by atoms with Crippen molar-refractivity contribution >= 4 is 18.5 Å². The maximum atomic E-state index is 12.0. The number of hydrogen-bond acceptors (Lipinski definition) is 7. The van der Waals surface area contributed by atoms with Crippen LogP contribution in [0.15, 0.2) is 15.8 Å². The standard InChI is InChI=1S/C12H19N2O7PS/c1-4-19-9-8(21-22(17,23)18-3)6-20-11(9)14-5-7(2)10(15)13-12(14)16/h5,8-9,11H,4,6H2,1-3H3,(H,17,23)(H,13,15,16)/t8?,9-,11+,22?/m0/s1. The summed E-state index contributed by atoms with van der Waals surface area (Å²) in [4.78, 5) is 35.5. The number of aryl methyl sites for hydroxylation is 1. The van der Waals surface area contributed by atoms with Gasteiger partial charge >= 0.3 is 12.4 Å². The molecule has 0 spiro atoms. The lowest BCUT2D eigenvalue weighted by Crippen LogP contribution is -2.40. The Balaban J connectivity index is 2.33. The summed E-state index contributed by atoms with van der Waals surface area (Å²) in [6.45, 7) is 0.343. The first-order valence-electron chi connectivity index (χ1n) is 6.91. The van der Waals surface area contributed by atoms with Gasteiger partial charge in [0.25, 0.3) is 5.56 Å². The molecule has 2 unspecified atom stereocenters. The molecule has 1 aromatic heterocycles. The summed E-state index contributed by atoms with van der Waals surface area (Å²) in [5.41, 5.74) is -0.724. The number of ether oxygens (including phenoxy) is 2. The van der Waals surface area contributed by atoms with Crippen molar-refractivity contribution in [3.05, 3.63) is 32.6 Å². The molecule has 2 heterocycles. The largest absolute Gasteiger partial charge is 0.371 e. The van der Waals surface area contributed by atoms with E-state index in [-0.39, 0.29) is 6.61 Å². The lowest BCUT2D eigenvalue weighted by molar-refractivity contribution is -0.0605. The highest BCUT2D eigenvalue weighted by molar-refractivity contribution is 8.07. The van der Waals surface area contributed by atoms with Gasteiger partial charge in [0, 0.05) is 25.5 Å². The number of H-pyrrole nitrogens is 1. The molecule has 4 atom stereocenters. The molecule has 2 N–H and O–H groups in total. The molecule has 9 nitrogen and oxygen atoms in total. The van der Waals surface area contributed by atoms with Gasteiger partial charge < -0.3 is 23.4 Å². The van der Waals surface area contributed by atoms with Gasteiger partial charge in [0.05, 0.1) is 6.61 Å². The first kappa shape index (κ1) is 18.5. The Morgan fingerprint density at radius 1 is 1.57 bits per heavy atom. The van der Waals surface area contributed by atoms with Crippen molar-refractivity contribution in [1.29, 1.82) is 0 Å². The average molecular weight is 366 g/mol. The van der Waals surface area contributed by atoms with Gasteiger partial charge in [-0.05, 0) is 25.7 Å². The molecule has 1 aliphatic rings. The molecule has 0 amide bonds. The molecule has 1 aliphatic heterocycles. The highest BCUT2D eigenvalue weighted by Gasteiger charge is 2.43. The third-order valence-electron chi connectivity index (χ3n) is 3.36. The van der Waals surface area contributed by atoms with Gasteiger partial charge in [0.15, 0.2) is 6.23 Å². The summed E-state index contributed by atoms with van der Waals surface area (Å²) in [5, 5.41) is 0. The SMILES string of the molecule is CCO[C@H]1C(OP(O)(=S)OC)CO[C@H]1n1cc(C)c(=O)[nH]c1=O. The summed E-state index contributed by atoms with van der Waals surface area (Å²) in [7, 11) is 1.25. The number of rotatable bonds is 6. The van der Waals surface area contributed by atoms with E-state index in [4.69, 9.17) is 30.3 Å². The smallest absolute Gasteiger partial charge is 0.330 e. The predicted molar refractivity (Wildman–Crippen MR) is 84.8 cm³/mol. The second-order valence-corrected chi connectivity index (χ2v) is 7.81. The minimum Gasteiger partial charge on any atom is -0.371 e. The molecule has 2 rings (SSSR count). The fraction of sp³-hybridized carbons (Fsp3) is 0.667. The van der Waals surface area contributed by atoms with Crippen molar-refractivity contribution in [3.8, 4) is 0 Å². The minimum atomic E-state index is -3.40. The number of aromatic amines is 1. The van der Waals surface area contributed by atoms with E-state index in [9.17, 15) is 14.5 Å². The van der Waals surface area contributed by atoms with Crippen molar-refractivity contribution in [2.24, 2.45) is 0 Å². The van der Waals surface area contributed by atoms with Crippen LogP contribution in [0.3, 0.4) is 0 Å². The average Bonchev–Trinajstić information content (AvgIpc) is 2.86. The second-order valence-electron chi connectivity index (χ2n) is 4.92. The van der Waals surface area contributed by atoms with E-state index in [1.807, 2.05) is 0 Å². The summed E-state index contributed by atoms with van der Waals surface area (Å²) < 4.78 is 22.5. The van der Waals surface area contributed by atoms with Crippen LogP contribution in [-0.2, 0) is 30.3 Å².